The summed E-state index contributed by atoms with van der Waals surface area (Å²) in [5, 5.41) is 6.02. The molecule has 0 saturated heterocycles. The number of hydrogen-bond acceptors (Lipinski definition) is 3. The summed E-state index contributed by atoms with van der Waals surface area (Å²) in [6.07, 6.45) is 2.99. The first-order chi connectivity index (χ1) is 14.0. The van der Waals surface area contributed by atoms with E-state index in [1.165, 1.54) is 5.56 Å². The summed E-state index contributed by atoms with van der Waals surface area (Å²) in [6, 6.07) is 15.6. The van der Waals surface area contributed by atoms with Crippen molar-refractivity contribution in [3.8, 4) is 5.75 Å². The van der Waals surface area contributed by atoms with Crippen LogP contribution in [0.4, 0.5) is 5.69 Å². The monoisotopic (exact) mass is 394 g/mol. The van der Waals surface area contributed by atoms with Gasteiger partial charge in [-0.1, -0.05) is 29.8 Å². The van der Waals surface area contributed by atoms with Crippen LogP contribution in [0.3, 0.4) is 0 Å². The molecule has 0 aliphatic heterocycles. The summed E-state index contributed by atoms with van der Waals surface area (Å²) in [5.74, 6) is 0.879. The zero-order valence-corrected chi connectivity index (χ0v) is 17.2. The molecule has 0 radical (unpaired) electrons. The number of anilines is 1. The maximum absolute atomic E-state index is 12.5. The second kappa shape index (κ2) is 10.1. The van der Waals surface area contributed by atoms with Crippen molar-refractivity contribution in [3.63, 3.8) is 0 Å². The molecule has 0 unspecified atom stereocenters. The average molecular weight is 395 g/mol. The number of hydrogen-bond donors (Lipinski definition) is 2. The van der Waals surface area contributed by atoms with E-state index in [1.54, 1.807) is 0 Å². The molecule has 1 aliphatic rings. The first-order valence-electron chi connectivity index (χ1n) is 10.4. The van der Waals surface area contributed by atoms with Gasteiger partial charge in [0.05, 0.1) is 6.61 Å². The molecule has 29 heavy (non-hydrogen) atoms. The van der Waals surface area contributed by atoms with Crippen LogP contribution in [-0.2, 0) is 16.1 Å². The fraction of sp³-hybridized carbons (Fsp3) is 0.417. The molecule has 1 aliphatic carbocycles. The van der Waals surface area contributed by atoms with E-state index in [1.807, 2.05) is 50.2 Å². The highest BCUT2D eigenvalue weighted by molar-refractivity contribution is 5.92. The van der Waals surface area contributed by atoms with Gasteiger partial charge in [0.1, 0.15) is 5.75 Å². The molecule has 3 rings (SSSR count). The molecule has 0 bridgehead atoms. The lowest BCUT2D eigenvalue weighted by atomic mass is 9.81. The summed E-state index contributed by atoms with van der Waals surface area (Å²) in [6.45, 7) is 5.16. The lowest BCUT2D eigenvalue weighted by molar-refractivity contribution is -0.128. The molecule has 0 spiro atoms. The highest BCUT2D eigenvalue weighted by atomic mass is 16.5. The van der Waals surface area contributed by atoms with E-state index in [-0.39, 0.29) is 23.7 Å². The van der Waals surface area contributed by atoms with Crippen LogP contribution in [0, 0.1) is 18.8 Å². The molecular formula is C24H30N2O3. The number of carbonyl (C=O) groups is 2. The van der Waals surface area contributed by atoms with E-state index >= 15 is 0 Å². The Labute approximate surface area is 172 Å². The number of nitrogens with one attached hydrogen (secondary N) is 2. The maximum Gasteiger partial charge on any atom is 0.227 e. The first-order valence-corrected chi connectivity index (χ1v) is 10.4. The SMILES string of the molecule is CCOc1ccc(NC(=O)C2CCC(C(=O)NCc3ccc(C)cc3)CC2)cc1. The number of rotatable bonds is 7. The Bertz CT molecular complexity index is 807. The second-order valence-electron chi connectivity index (χ2n) is 7.70. The van der Waals surface area contributed by atoms with Crippen LogP contribution in [-0.4, -0.2) is 18.4 Å². The third-order valence-electron chi connectivity index (χ3n) is 5.49. The minimum Gasteiger partial charge on any atom is -0.494 e. The van der Waals surface area contributed by atoms with Gasteiger partial charge in [-0.05, 0) is 69.4 Å². The minimum absolute atomic E-state index is 0.00465. The summed E-state index contributed by atoms with van der Waals surface area (Å²) < 4.78 is 5.42. The molecule has 0 atom stereocenters. The van der Waals surface area contributed by atoms with Crippen LogP contribution in [0.25, 0.3) is 0 Å². The first kappa shape index (κ1) is 20.9. The number of aryl methyl sites for hydroxylation is 1. The molecule has 1 fully saturated rings. The predicted octanol–water partition coefficient (Wildman–Crippen LogP) is 4.46. The number of amides is 2. The minimum atomic E-state index is -0.0392. The molecular weight excluding hydrogens is 364 g/mol. The largest absolute Gasteiger partial charge is 0.494 e. The second-order valence-corrected chi connectivity index (χ2v) is 7.70. The van der Waals surface area contributed by atoms with Gasteiger partial charge in [-0.2, -0.15) is 0 Å². The quantitative estimate of drug-likeness (QED) is 0.729. The Morgan fingerprint density at radius 1 is 0.897 bits per heavy atom. The van der Waals surface area contributed by atoms with Crippen molar-refractivity contribution in [3.05, 3.63) is 59.7 Å². The van der Waals surface area contributed by atoms with Crippen molar-refractivity contribution >= 4 is 17.5 Å². The zero-order valence-electron chi connectivity index (χ0n) is 17.2. The van der Waals surface area contributed by atoms with Crippen LogP contribution in [0.2, 0.25) is 0 Å². The molecule has 5 nitrogen and oxygen atoms in total. The Balaban J connectivity index is 1.42. The van der Waals surface area contributed by atoms with E-state index in [0.29, 0.717) is 13.2 Å². The predicted molar refractivity (Wildman–Crippen MR) is 115 cm³/mol. The van der Waals surface area contributed by atoms with E-state index < -0.39 is 0 Å². The fourth-order valence-electron chi connectivity index (χ4n) is 3.70. The van der Waals surface area contributed by atoms with Crippen LogP contribution in [0.15, 0.2) is 48.5 Å². The van der Waals surface area contributed by atoms with E-state index in [4.69, 9.17) is 4.74 Å². The molecule has 1 saturated carbocycles. The van der Waals surface area contributed by atoms with Crippen molar-refractivity contribution in [1.82, 2.24) is 5.32 Å². The molecule has 0 aromatic heterocycles. The topological polar surface area (TPSA) is 67.4 Å². The van der Waals surface area contributed by atoms with E-state index in [9.17, 15) is 9.59 Å². The molecule has 2 aromatic carbocycles. The van der Waals surface area contributed by atoms with Gasteiger partial charge in [-0.3, -0.25) is 9.59 Å². The molecule has 5 heteroatoms. The van der Waals surface area contributed by atoms with Crippen molar-refractivity contribution in [2.24, 2.45) is 11.8 Å². The number of ether oxygens (including phenoxy) is 1. The molecule has 0 heterocycles. The van der Waals surface area contributed by atoms with Crippen molar-refractivity contribution in [2.45, 2.75) is 46.1 Å². The number of carbonyl (C=O) groups excluding carboxylic acids is 2. The van der Waals surface area contributed by atoms with Gasteiger partial charge >= 0.3 is 0 Å². The third-order valence-corrected chi connectivity index (χ3v) is 5.49. The standard InChI is InChI=1S/C24H30N2O3/c1-3-29-22-14-12-21(13-15-22)26-24(28)20-10-8-19(9-11-20)23(27)25-16-18-6-4-17(2)5-7-18/h4-7,12-15,19-20H,3,8-11,16H2,1-2H3,(H,25,27)(H,26,28). The highest BCUT2D eigenvalue weighted by Crippen LogP contribution is 2.30. The van der Waals surface area contributed by atoms with Gasteiger partial charge in [0.25, 0.3) is 0 Å². The zero-order chi connectivity index (χ0) is 20.6. The highest BCUT2D eigenvalue weighted by Gasteiger charge is 2.29. The molecule has 2 amide bonds. The Kier molecular flexibility index (Phi) is 7.28. The lowest BCUT2D eigenvalue weighted by Gasteiger charge is -2.27. The maximum atomic E-state index is 12.5. The van der Waals surface area contributed by atoms with Gasteiger partial charge in [-0.15, -0.1) is 0 Å². The lowest BCUT2D eigenvalue weighted by Crippen LogP contribution is -2.35. The van der Waals surface area contributed by atoms with E-state index in [2.05, 4.69) is 22.8 Å². The van der Waals surface area contributed by atoms with Crippen LogP contribution in [0.1, 0.15) is 43.7 Å². The van der Waals surface area contributed by atoms with Crippen LogP contribution >= 0.6 is 0 Å². The van der Waals surface area contributed by atoms with Gasteiger partial charge in [0.2, 0.25) is 11.8 Å². The van der Waals surface area contributed by atoms with Crippen LogP contribution < -0.4 is 15.4 Å². The molecule has 154 valence electrons. The summed E-state index contributed by atoms with van der Waals surface area (Å²) in [5.41, 5.74) is 3.09. The van der Waals surface area contributed by atoms with Crippen molar-refractivity contribution in [2.75, 3.05) is 11.9 Å². The van der Waals surface area contributed by atoms with Gasteiger partial charge in [0.15, 0.2) is 0 Å². The van der Waals surface area contributed by atoms with Crippen molar-refractivity contribution in [1.29, 1.82) is 0 Å². The Hall–Kier alpha value is -2.82. The summed E-state index contributed by atoms with van der Waals surface area (Å²) in [4.78, 5) is 25.0. The molecule has 2 N–H and O–H groups in total. The third kappa shape index (κ3) is 6.08. The Morgan fingerprint density at radius 2 is 1.48 bits per heavy atom. The van der Waals surface area contributed by atoms with Crippen molar-refractivity contribution < 1.29 is 14.3 Å². The van der Waals surface area contributed by atoms with E-state index in [0.717, 1.165) is 42.7 Å². The van der Waals surface area contributed by atoms with Gasteiger partial charge < -0.3 is 15.4 Å². The fourth-order valence-corrected chi connectivity index (χ4v) is 3.70. The van der Waals surface area contributed by atoms with Crippen LogP contribution in [0.5, 0.6) is 5.75 Å². The smallest absolute Gasteiger partial charge is 0.227 e. The summed E-state index contributed by atoms with van der Waals surface area (Å²) >= 11 is 0. The summed E-state index contributed by atoms with van der Waals surface area (Å²) in [7, 11) is 0. The Morgan fingerprint density at radius 3 is 2.07 bits per heavy atom. The number of benzene rings is 2. The van der Waals surface area contributed by atoms with Gasteiger partial charge in [0, 0.05) is 24.1 Å². The van der Waals surface area contributed by atoms with Gasteiger partial charge in [-0.25, -0.2) is 0 Å². The normalized spacial score (nSPS) is 18.7. The molecule has 2 aromatic rings. The average Bonchev–Trinajstić information content (AvgIpc) is 2.75.